The van der Waals surface area contributed by atoms with Gasteiger partial charge in [0.15, 0.2) is 0 Å². The zero-order valence-electron chi connectivity index (χ0n) is 13.3. The van der Waals surface area contributed by atoms with Gasteiger partial charge >= 0.3 is 78.6 Å². The zero-order valence-corrected chi connectivity index (χ0v) is 13.3. The summed E-state index contributed by atoms with van der Waals surface area (Å²) in [6, 6.07) is 0. The summed E-state index contributed by atoms with van der Waals surface area (Å²) in [6.45, 7) is 0. The first-order valence-electron chi connectivity index (χ1n) is 6.41. The molecule has 0 aromatic carbocycles. The van der Waals surface area contributed by atoms with Gasteiger partial charge in [-0.05, 0) is 0 Å². The number of alkyl halides is 22. The van der Waals surface area contributed by atoms with Crippen LogP contribution in [0.1, 0.15) is 0 Å². The third-order valence-electron chi connectivity index (χ3n) is 3.47. The molecule has 0 radical (unpaired) electrons. The van der Waals surface area contributed by atoms with E-state index in [0.29, 0.717) is 0 Å². The van der Waals surface area contributed by atoms with Crippen LogP contribution in [-0.4, -0.2) is 78.6 Å². The zero-order chi connectivity index (χ0) is 27.0. The van der Waals surface area contributed by atoms with Gasteiger partial charge in [0.1, 0.15) is 0 Å². The second kappa shape index (κ2) is 8.04. The Labute approximate surface area is 176 Å². The molecule has 0 aromatic heterocycles. The van der Waals surface area contributed by atoms with Crippen LogP contribution in [0.5, 0.6) is 0 Å². The van der Waals surface area contributed by atoms with Gasteiger partial charge in [-0.25, -0.2) is 0 Å². The fourth-order valence-electron chi connectivity index (χ4n) is 1.54. The summed E-state index contributed by atoms with van der Waals surface area (Å²) >= 11 is 0. The van der Waals surface area contributed by atoms with Crippen LogP contribution in [-0.2, 0) is 0 Å². The molecule has 0 aliphatic carbocycles. The summed E-state index contributed by atoms with van der Waals surface area (Å²) in [5, 5.41) is 0. The first-order chi connectivity index (χ1) is 13.2. The molecule has 0 saturated heterocycles. The van der Waals surface area contributed by atoms with Gasteiger partial charge in [-0.1, -0.05) is 0 Å². The van der Waals surface area contributed by atoms with Crippen molar-refractivity contribution < 1.29 is 96.6 Å². The molecule has 0 amide bonds. The molecule has 0 aliphatic rings. The SMILES string of the molecule is FC(F)(F)C(F)(F)C(F)(F)C(F)(F)C(F)(F)C(F)(F)C(F)(F)C(F)(F)C(F)(F)C(F)(F)F.[LiH]. The van der Waals surface area contributed by atoms with Crippen molar-refractivity contribution in [1.82, 2.24) is 0 Å². The molecule has 0 rings (SSSR count). The van der Waals surface area contributed by atoms with Crippen LogP contribution in [0.2, 0.25) is 0 Å². The van der Waals surface area contributed by atoms with Crippen LogP contribution < -0.4 is 0 Å². The van der Waals surface area contributed by atoms with E-state index in [1.165, 1.54) is 0 Å². The van der Waals surface area contributed by atoms with Gasteiger partial charge in [0.25, 0.3) is 0 Å². The van der Waals surface area contributed by atoms with Crippen molar-refractivity contribution in [3.8, 4) is 0 Å². The maximum atomic E-state index is 13.1. The summed E-state index contributed by atoms with van der Waals surface area (Å²) in [4.78, 5) is 0. The Morgan fingerprint density at radius 2 is 0.273 bits per heavy atom. The van der Waals surface area contributed by atoms with Crippen LogP contribution in [0.15, 0.2) is 0 Å². The molecule has 0 fully saturated rings. The van der Waals surface area contributed by atoms with Crippen LogP contribution in [0, 0.1) is 0 Å². The topological polar surface area (TPSA) is 0 Å². The van der Waals surface area contributed by atoms with Gasteiger partial charge < -0.3 is 0 Å². The van der Waals surface area contributed by atoms with Crippen LogP contribution in [0.4, 0.5) is 96.6 Å². The fourth-order valence-corrected chi connectivity index (χ4v) is 1.54. The van der Waals surface area contributed by atoms with E-state index in [0.717, 1.165) is 0 Å². The number of rotatable bonds is 7. The van der Waals surface area contributed by atoms with Crippen LogP contribution in [0.25, 0.3) is 0 Å². The third kappa shape index (κ3) is 4.09. The second-order valence-electron chi connectivity index (χ2n) is 5.59. The van der Waals surface area contributed by atoms with E-state index in [4.69, 9.17) is 0 Å². The van der Waals surface area contributed by atoms with Crippen molar-refractivity contribution in [1.29, 1.82) is 0 Å². The maximum absolute atomic E-state index is 13.1. The quantitative estimate of drug-likeness (QED) is 0.251. The molecule has 0 nitrogen and oxygen atoms in total. The van der Waals surface area contributed by atoms with E-state index >= 15 is 0 Å². The van der Waals surface area contributed by atoms with Gasteiger partial charge in [0.05, 0.1) is 0 Å². The van der Waals surface area contributed by atoms with Gasteiger partial charge in [-0.15, -0.1) is 0 Å². The number of hydrogen-bond donors (Lipinski definition) is 0. The summed E-state index contributed by atoms with van der Waals surface area (Å²) < 4.78 is 276. The van der Waals surface area contributed by atoms with Crippen molar-refractivity contribution >= 4 is 18.9 Å². The minimum absolute atomic E-state index is 0. The Bertz CT molecular complexity index is 633. The molecule has 0 aliphatic heterocycles. The Kier molecular flexibility index (Phi) is 8.34. The third-order valence-corrected chi connectivity index (χ3v) is 3.47. The van der Waals surface area contributed by atoms with Gasteiger partial charge in [-0.3, -0.25) is 0 Å². The molecule has 0 spiro atoms. The molecule has 33 heavy (non-hydrogen) atoms. The fraction of sp³-hybridized carbons (Fsp3) is 1.00. The summed E-state index contributed by atoms with van der Waals surface area (Å²) in [5.74, 6) is -71.5. The van der Waals surface area contributed by atoms with E-state index < -0.39 is 59.7 Å². The van der Waals surface area contributed by atoms with Crippen molar-refractivity contribution in [2.24, 2.45) is 0 Å². The molecule has 0 N–H and O–H groups in total. The van der Waals surface area contributed by atoms with E-state index in [-0.39, 0.29) is 18.9 Å². The molecule has 0 unspecified atom stereocenters. The summed E-state index contributed by atoms with van der Waals surface area (Å²) in [6.07, 6.45) is -16.1. The molecule has 0 bridgehead atoms. The second-order valence-corrected chi connectivity index (χ2v) is 5.59. The van der Waals surface area contributed by atoms with E-state index in [9.17, 15) is 96.6 Å². The molecule has 0 atom stereocenters. The van der Waals surface area contributed by atoms with Crippen LogP contribution >= 0.6 is 0 Å². The predicted octanol–water partition coefficient (Wildman–Crippen LogP) is 6.54. The number of hydrogen-bond acceptors (Lipinski definition) is 0. The Balaban J connectivity index is 0. The molecule has 23 heteroatoms. The van der Waals surface area contributed by atoms with Gasteiger partial charge in [0, 0.05) is 0 Å². The van der Waals surface area contributed by atoms with Crippen LogP contribution in [0.3, 0.4) is 0 Å². The van der Waals surface area contributed by atoms with Crippen molar-refractivity contribution in [3.63, 3.8) is 0 Å². The predicted molar refractivity (Wildman–Crippen MR) is 58.8 cm³/mol. The molecular formula is C10HF22Li. The minimum atomic E-state index is -9.24. The van der Waals surface area contributed by atoms with Gasteiger partial charge in [-0.2, -0.15) is 96.6 Å². The average molecular weight is 546 g/mol. The monoisotopic (exact) mass is 546 g/mol. The van der Waals surface area contributed by atoms with E-state index in [2.05, 4.69) is 0 Å². The molecule has 0 saturated carbocycles. The Morgan fingerprint density at radius 3 is 0.364 bits per heavy atom. The van der Waals surface area contributed by atoms with Crippen molar-refractivity contribution in [2.45, 2.75) is 59.7 Å². The normalized spacial score (nSPS) is 16.5. The first kappa shape index (κ1) is 34.2. The van der Waals surface area contributed by atoms with E-state index in [1.54, 1.807) is 0 Å². The first-order valence-corrected chi connectivity index (χ1v) is 6.41. The summed E-state index contributed by atoms with van der Waals surface area (Å²) in [7, 11) is 0. The number of halogens is 22. The average Bonchev–Trinajstić information content (AvgIpc) is 2.51. The molecule has 196 valence electrons. The van der Waals surface area contributed by atoms with E-state index in [1.807, 2.05) is 0 Å². The van der Waals surface area contributed by atoms with Crippen molar-refractivity contribution in [3.05, 3.63) is 0 Å². The molecule has 0 heterocycles. The van der Waals surface area contributed by atoms with Gasteiger partial charge in [0.2, 0.25) is 0 Å². The standard InChI is InChI=1S/C10F22.Li.H/c11-1(12,3(15,16)5(19,20)7(23,24)9(27,28)29)2(13,14)4(17,18)6(21,22)8(25,26)10(30,31)32;;. The molecule has 0 aromatic rings. The van der Waals surface area contributed by atoms with Crippen molar-refractivity contribution in [2.75, 3.05) is 0 Å². The Morgan fingerprint density at radius 1 is 0.182 bits per heavy atom. The Hall–Kier alpha value is -0.943. The molecular weight excluding hydrogens is 545 g/mol. The summed E-state index contributed by atoms with van der Waals surface area (Å²) in [5.41, 5.74) is 0.